The molecule has 22 heavy (non-hydrogen) atoms. The molecule has 0 unspecified atom stereocenters. The Morgan fingerprint density at radius 1 is 1.23 bits per heavy atom. The number of carbonyl (C=O) groups excluding carboxylic acids is 1. The van der Waals surface area contributed by atoms with Gasteiger partial charge in [-0.2, -0.15) is 0 Å². The zero-order chi connectivity index (χ0) is 15.8. The van der Waals surface area contributed by atoms with E-state index in [2.05, 4.69) is 20.5 Å². The summed E-state index contributed by atoms with van der Waals surface area (Å²) >= 11 is 0. The van der Waals surface area contributed by atoms with Gasteiger partial charge in [0.25, 0.3) is 0 Å². The Kier molecular flexibility index (Phi) is 5.65. The minimum Gasteiger partial charge on any atom is -0.450 e. The van der Waals surface area contributed by atoms with E-state index >= 15 is 0 Å². The third kappa shape index (κ3) is 4.69. The molecule has 1 N–H and O–H groups in total. The maximum Gasteiger partial charge on any atom is 0.412 e. The van der Waals surface area contributed by atoms with E-state index in [0.717, 1.165) is 18.8 Å². The van der Waals surface area contributed by atoms with Gasteiger partial charge in [-0.3, -0.25) is 10.3 Å². The summed E-state index contributed by atoms with van der Waals surface area (Å²) in [6.45, 7) is 2.87. The first-order valence-corrected chi connectivity index (χ1v) is 7.06. The molecule has 0 aliphatic carbocycles. The lowest BCUT2D eigenvalue weighted by molar-refractivity contribution is 0.168. The Morgan fingerprint density at radius 2 is 2.00 bits per heavy atom. The van der Waals surface area contributed by atoms with Gasteiger partial charge in [0.2, 0.25) is 0 Å². The van der Waals surface area contributed by atoms with Crippen molar-refractivity contribution in [3.8, 4) is 0 Å². The number of amides is 1. The van der Waals surface area contributed by atoms with Crippen LogP contribution in [0.25, 0.3) is 0 Å². The second kappa shape index (κ2) is 7.92. The second-order valence-electron chi connectivity index (χ2n) is 4.65. The average Bonchev–Trinajstić information content (AvgIpc) is 2.54. The topological polar surface area (TPSA) is 80.2 Å². The van der Waals surface area contributed by atoms with E-state index in [1.165, 1.54) is 5.56 Å². The number of carbonyl (C=O) groups is 1. The molecule has 0 saturated carbocycles. The summed E-state index contributed by atoms with van der Waals surface area (Å²) < 4.78 is 4.78. The van der Waals surface area contributed by atoms with Gasteiger partial charge in [0, 0.05) is 26.0 Å². The average molecular weight is 301 g/mol. The first kappa shape index (κ1) is 15.7. The van der Waals surface area contributed by atoms with Gasteiger partial charge in [-0.1, -0.05) is 0 Å². The van der Waals surface area contributed by atoms with Crippen molar-refractivity contribution in [2.45, 2.75) is 13.3 Å². The maximum absolute atomic E-state index is 11.3. The van der Waals surface area contributed by atoms with Crippen LogP contribution in [0, 0.1) is 0 Å². The summed E-state index contributed by atoms with van der Waals surface area (Å²) in [6, 6.07) is 7.49. The molecule has 2 heterocycles. The molecule has 0 saturated heterocycles. The number of hydrogen-bond acceptors (Lipinski definition) is 6. The summed E-state index contributed by atoms with van der Waals surface area (Å²) in [6.07, 6.45) is 3.93. The fourth-order valence-electron chi connectivity index (χ4n) is 1.83. The molecule has 7 nitrogen and oxygen atoms in total. The number of nitrogens with zero attached hydrogens (tertiary/aromatic N) is 4. The standard InChI is InChI=1S/C15H19N5O2/c1-3-22-15(21)17-13-4-5-14(19-18-13)20(2)11-8-12-6-9-16-10-7-12/h4-7,9-10H,3,8,11H2,1-2H3,(H,17,18,21). The first-order chi connectivity index (χ1) is 10.7. The minimum atomic E-state index is -0.532. The lowest BCUT2D eigenvalue weighted by Crippen LogP contribution is -2.22. The molecule has 7 heteroatoms. The van der Waals surface area contributed by atoms with Crippen LogP contribution in [-0.4, -0.2) is 41.5 Å². The molecule has 2 aromatic rings. The molecule has 0 aliphatic rings. The SMILES string of the molecule is CCOC(=O)Nc1ccc(N(C)CCc2ccncc2)nn1. The number of ether oxygens (including phenoxy) is 1. The van der Waals surface area contributed by atoms with Crippen LogP contribution in [0.4, 0.5) is 16.4 Å². The van der Waals surface area contributed by atoms with E-state index in [4.69, 9.17) is 4.74 Å². The smallest absolute Gasteiger partial charge is 0.412 e. The fourth-order valence-corrected chi connectivity index (χ4v) is 1.83. The highest BCUT2D eigenvalue weighted by molar-refractivity contribution is 5.83. The van der Waals surface area contributed by atoms with Crippen molar-refractivity contribution in [2.75, 3.05) is 30.4 Å². The molecular weight excluding hydrogens is 282 g/mol. The van der Waals surface area contributed by atoms with Gasteiger partial charge in [-0.05, 0) is 43.2 Å². The Hall–Kier alpha value is -2.70. The van der Waals surface area contributed by atoms with Crippen LogP contribution in [0.3, 0.4) is 0 Å². The molecule has 2 rings (SSSR count). The van der Waals surface area contributed by atoms with Crippen molar-refractivity contribution < 1.29 is 9.53 Å². The summed E-state index contributed by atoms with van der Waals surface area (Å²) in [5.74, 6) is 1.10. The van der Waals surface area contributed by atoms with Crippen LogP contribution in [0.2, 0.25) is 0 Å². The zero-order valence-electron chi connectivity index (χ0n) is 12.7. The quantitative estimate of drug-likeness (QED) is 0.880. The number of nitrogens with one attached hydrogen (secondary N) is 1. The van der Waals surface area contributed by atoms with Gasteiger partial charge in [0.15, 0.2) is 11.6 Å². The van der Waals surface area contributed by atoms with Gasteiger partial charge < -0.3 is 9.64 Å². The Morgan fingerprint density at radius 3 is 2.64 bits per heavy atom. The van der Waals surface area contributed by atoms with Crippen LogP contribution in [-0.2, 0) is 11.2 Å². The first-order valence-electron chi connectivity index (χ1n) is 7.06. The highest BCUT2D eigenvalue weighted by atomic mass is 16.5. The summed E-state index contributed by atoms with van der Waals surface area (Å²) in [7, 11) is 1.95. The molecule has 0 aliphatic heterocycles. The lowest BCUT2D eigenvalue weighted by atomic mass is 10.2. The van der Waals surface area contributed by atoms with Crippen LogP contribution in [0.1, 0.15) is 12.5 Å². The summed E-state index contributed by atoms with van der Waals surface area (Å²) in [5.41, 5.74) is 1.22. The highest BCUT2D eigenvalue weighted by Gasteiger charge is 2.06. The number of likely N-dealkylation sites (N-methyl/N-ethyl adjacent to an activating group) is 1. The Bertz CT molecular complexity index is 589. The number of rotatable bonds is 6. The van der Waals surface area contributed by atoms with Gasteiger partial charge in [-0.15, -0.1) is 10.2 Å². The molecule has 0 spiro atoms. The van der Waals surface area contributed by atoms with Crippen LogP contribution >= 0.6 is 0 Å². The Balaban J connectivity index is 1.88. The largest absolute Gasteiger partial charge is 0.450 e. The molecule has 1 amide bonds. The van der Waals surface area contributed by atoms with Crippen molar-refractivity contribution in [2.24, 2.45) is 0 Å². The molecule has 116 valence electrons. The van der Waals surface area contributed by atoms with Crippen molar-refractivity contribution >= 4 is 17.7 Å². The van der Waals surface area contributed by atoms with E-state index < -0.39 is 6.09 Å². The van der Waals surface area contributed by atoms with Crippen LogP contribution in [0.5, 0.6) is 0 Å². The lowest BCUT2D eigenvalue weighted by Gasteiger charge is -2.17. The predicted molar refractivity (Wildman–Crippen MR) is 83.9 cm³/mol. The van der Waals surface area contributed by atoms with E-state index in [1.807, 2.05) is 24.1 Å². The molecule has 0 bridgehead atoms. The van der Waals surface area contributed by atoms with Gasteiger partial charge in [0.1, 0.15) is 0 Å². The highest BCUT2D eigenvalue weighted by Crippen LogP contribution is 2.11. The fraction of sp³-hybridized carbons (Fsp3) is 0.333. The summed E-state index contributed by atoms with van der Waals surface area (Å²) in [5, 5.41) is 10.6. The molecular formula is C15H19N5O2. The van der Waals surface area contributed by atoms with Crippen molar-refractivity contribution in [3.05, 3.63) is 42.2 Å². The maximum atomic E-state index is 11.3. The number of anilines is 2. The monoisotopic (exact) mass is 301 g/mol. The molecule has 0 radical (unpaired) electrons. The van der Waals surface area contributed by atoms with Crippen molar-refractivity contribution in [1.29, 1.82) is 0 Å². The zero-order valence-corrected chi connectivity index (χ0v) is 12.7. The minimum absolute atomic E-state index is 0.315. The molecule has 0 aromatic carbocycles. The van der Waals surface area contributed by atoms with Crippen molar-refractivity contribution in [3.63, 3.8) is 0 Å². The number of pyridine rings is 1. The van der Waals surface area contributed by atoms with Crippen molar-refractivity contribution in [1.82, 2.24) is 15.2 Å². The molecule has 2 aromatic heterocycles. The van der Waals surface area contributed by atoms with Gasteiger partial charge >= 0.3 is 6.09 Å². The van der Waals surface area contributed by atoms with E-state index in [1.54, 1.807) is 31.5 Å². The Labute approximate surface area is 129 Å². The van der Waals surface area contributed by atoms with E-state index in [9.17, 15) is 4.79 Å². The van der Waals surface area contributed by atoms with Gasteiger partial charge in [0.05, 0.1) is 6.61 Å². The molecule has 0 atom stereocenters. The number of aromatic nitrogens is 3. The predicted octanol–water partition coefficient (Wildman–Crippen LogP) is 2.12. The molecule has 0 fully saturated rings. The van der Waals surface area contributed by atoms with Gasteiger partial charge in [-0.25, -0.2) is 4.79 Å². The van der Waals surface area contributed by atoms with E-state index in [-0.39, 0.29) is 0 Å². The third-order valence-electron chi connectivity index (χ3n) is 3.03. The van der Waals surface area contributed by atoms with Crippen LogP contribution < -0.4 is 10.2 Å². The second-order valence-corrected chi connectivity index (χ2v) is 4.65. The number of hydrogen-bond donors (Lipinski definition) is 1. The normalized spacial score (nSPS) is 10.1. The summed E-state index contributed by atoms with van der Waals surface area (Å²) in [4.78, 5) is 17.3. The third-order valence-corrected chi connectivity index (χ3v) is 3.03. The van der Waals surface area contributed by atoms with Crippen LogP contribution in [0.15, 0.2) is 36.7 Å². The van der Waals surface area contributed by atoms with E-state index in [0.29, 0.717) is 12.4 Å².